The lowest BCUT2D eigenvalue weighted by Gasteiger charge is -2.37. The maximum absolute atomic E-state index is 12.8. The van der Waals surface area contributed by atoms with Gasteiger partial charge >= 0.3 is 0 Å². The first-order chi connectivity index (χ1) is 13.8. The van der Waals surface area contributed by atoms with Gasteiger partial charge in [-0.1, -0.05) is 25.5 Å². The molecule has 0 bridgehead atoms. The van der Waals surface area contributed by atoms with E-state index in [2.05, 4.69) is 22.0 Å². The van der Waals surface area contributed by atoms with Crippen LogP contribution in [0.4, 0.5) is 0 Å². The number of carbonyl (C=O) groups is 2. The molecule has 2 aliphatic rings. The minimum absolute atomic E-state index is 0.00746. The normalized spacial score (nSPS) is 24.1. The molecule has 0 saturated carbocycles. The Morgan fingerprint density at radius 3 is 2.79 bits per heavy atom. The summed E-state index contributed by atoms with van der Waals surface area (Å²) in [6.07, 6.45) is 3.46. The molecule has 29 heavy (non-hydrogen) atoms. The lowest BCUT2D eigenvalue weighted by atomic mass is 9.92. The van der Waals surface area contributed by atoms with Gasteiger partial charge in [0.05, 0.1) is 10.8 Å². The Balaban J connectivity index is 1.65. The third kappa shape index (κ3) is 4.77. The van der Waals surface area contributed by atoms with E-state index in [4.69, 9.17) is 0 Å². The molecule has 158 valence electrons. The number of fused-ring (bicyclic) bond motifs is 1. The molecule has 2 heterocycles. The number of likely N-dealkylation sites (tertiary alicyclic amines) is 1. The summed E-state index contributed by atoms with van der Waals surface area (Å²) in [6.45, 7) is 4.89. The Kier molecular flexibility index (Phi) is 6.56. The maximum atomic E-state index is 12.8. The first-order valence-electron chi connectivity index (χ1n) is 10.1. The molecule has 2 N–H and O–H groups in total. The van der Waals surface area contributed by atoms with E-state index in [1.807, 2.05) is 6.92 Å². The minimum Gasteiger partial charge on any atom is -0.356 e. The van der Waals surface area contributed by atoms with Crippen molar-refractivity contribution in [3.8, 4) is 0 Å². The van der Waals surface area contributed by atoms with E-state index in [0.29, 0.717) is 18.7 Å². The summed E-state index contributed by atoms with van der Waals surface area (Å²) in [5.41, 5.74) is 0.472. The van der Waals surface area contributed by atoms with Crippen LogP contribution in [0, 0.1) is 5.92 Å². The van der Waals surface area contributed by atoms with Gasteiger partial charge in [0.2, 0.25) is 11.8 Å². The second kappa shape index (κ2) is 8.94. The van der Waals surface area contributed by atoms with Gasteiger partial charge in [-0.2, -0.15) is 0 Å². The number of aliphatic imine (C=N–C) groups is 1. The zero-order chi connectivity index (χ0) is 21.0. The summed E-state index contributed by atoms with van der Waals surface area (Å²) in [5.74, 6) is -0.246. The number of hydrogen-bond acceptors (Lipinski definition) is 5. The quantitative estimate of drug-likeness (QED) is 0.676. The van der Waals surface area contributed by atoms with E-state index in [0.717, 1.165) is 25.7 Å². The Morgan fingerprint density at radius 1 is 1.28 bits per heavy atom. The van der Waals surface area contributed by atoms with E-state index in [1.165, 1.54) is 6.07 Å². The molecule has 9 heteroatoms. The SMILES string of the molecule is CCCCNC(=O)C1CCC(C)N(C(=O)CN=C2NS(=O)(=O)c3ccccc32)C1. The number of amides is 2. The van der Waals surface area contributed by atoms with Crippen LogP contribution >= 0.6 is 0 Å². The molecule has 1 fully saturated rings. The second-order valence-corrected chi connectivity index (χ2v) is 9.23. The predicted molar refractivity (Wildman–Crippen MR) is 110 cm³/mol. The molecule has 1 saturated heterocycles. The first-order valence-corrected chi connectivity index (χ1v) is 11.6. The Labute approximate surface area is 171 Å². The zero-order valence-electron chi connectivity index (χ0n) is 16.8. The fraction of sp³-hybridized carbons (Fsp3) is 0.550. The molecule has 1 aromatic rings. The molecule has 2 aliphatic heterocycles. The van der Waals surface area contributed by atoms with Gasteiger partial charge in [-0.25, -0.2) is 8.42 Å². The van der Waals surface area contributed by atoms with Crippen LogP contribution in [-0.4, -0.2) is 56.6 Å². The van der Waals surface area contributed by atoms with Crippen LogP contribution in [0.1, 0.15) is 45.1 Å². The molecule has 0 spiro atoms. The Morgan fingerprint density at radius 2 is 2.03 bits per heavy atom. The van der Waals surface area contributed by atoms with Gasteiger partial charge < -0.3 is 10.2 Å². The van der Waals surface area contributed by atoms with Gasteiger partial charge in [-0.05, 0) is 38.3 Å². The number of piperidine rings is 1. The monoisotopic (exact) mass is 420 g/mol. The molecule has 2 amide bonds. The molecular formula is C20H28N4O4S. The highest BCUT2D eigenvalue weighted by Crippen LogP contribution is 2.24. The standard InChI is InChI=1S/C20H28N4O4S/c1-3-4-11-21-20(26)15-10-9-14(2)24(13-15)18(25)12-22-19-16-7-5-6-8-17(16)29(27,28)23-19/h5-8,14-15H,3-4,9-13H2,1-2H3,(H,21,26)(H,22,23). The first kappa shape index (κ1) is 21.3. The van der Waals surface area contributed by atoms with Crippen LogP contribution < -0.4 is 10.0 Å². The van der Waals surface area contributed by atoms with Crippen molar-refractivity contribution in [2.45, 2.75) is 50.5 Å². The smallest absolute Gasteiger partial charge is 0.263 e. The largest absolute Gasteiger partial charge is 0.356 e. The van der Waals surface area contributed by atoms with E-state index in [1.54, 1.807) is 23.1 Å². The minimum atomic E-state index is -3.63. The topological polar surface area (TPSA) is 108 Å². The van der Waals surface area contributed by atoms with Crippen LogP contribution in [0.15, 0.2) is 34.2 Å². The number of carbonyl (C=O) groups excluding carboxylic acids is 2. The van der Waals surface area contributed by atoms with Gasteiger partial charge in [0, 0.05) is 24.7 Å². The van der Waals surface area contributed by atoms with E-state index in [-0.39, 0.29) is 41.0 Å². The molecule has 0 aliphatic carbocycles. The average Bonchev–Trinajstić information content (AvgIpc) is 2.97. The summed E-state index contributed by atoms with van der Waals surface area (Å²) in [5, 5.41) is 2.94. The number of rotatable bonds is 6. The second-order valence-electron chi connectivity index (χ2n) is 7.58. The van der Waals surface area contributed by atoms with Crippen molar-refractivity contribution in [2.75, 3.05) is 19.6 Å². The van der Waals surface area contributed by atoms with Crippen molar-refractivity contribution in [2.24, 2.45) is 10.9 Å². The van der Waals surface area contributed by atoms with Gasteiger partial charge in [0.15, 0.2) is 0 Å². The summed E-state index contributed by atoms with van der Waals surface area (Å²) in [4.78, 5) is 31.2. The lowest BCUT2D eigenvalue weighted by molar-refractivity contribution is -0.137. The number of sulfonamides is 1. The van der Waals surface area contributed by atoms with Crippen molar-refractivity contribution < 1.29 is 18.0 Å². The summed E-state index contributed by atoms with van der Waals surface area (Å²) in [6, 6.07) is 6.57. The molecule has 2 atom stereocenters. The van der Waals surface area contributed by atoms with E-state index in [9.17, 15) is 18.0 Å². The van der Waals surface area contributed by atoms with E-state index < -0.39 is 10.0 Å². The van der Waals surface area contributed by atoms with Crippen LogP contribution in [0.25, 0.3) is 0 Å². The predicted octanol–water partition coefficient (Wildman–Crippen LogP) is 1.27. The van der Waals surface area contributed by atoms with Gasteiger partial charge in [0.25, 0.3) is 10.0 Å². The van der Waals surface area contributed by atoms with Crippen LogP contribution in [0.5, 0.6) is 0 Å². The third-order valence-electron chi connectivity index (χ3n) is 5.44. The fourth-order valence-electron chi connectivity index (χ4n) is 3.69. The van der Waals surface area contributed by atoms with Crippen molar-refractivity contribution in [1.29, 1.82) is 0 Å². The fourth-order valence-corrected chi connectivity index (χ4v) is 4.94. The number of amidine groups is 1. The van der Waals surface area contributed by atoms with Crippen molar-refractivity contribution in [1.82, 2.24) is 14.9 Å². The highest BCUT2D eigenvalue weighted by molar-refractivity contribution is 7.90. The summed E-state index contributed by atoms with van der Waals surface area (Å²) >= 11 is 0. The lowest BCUT2D eigenvalue weighted by Crippen LogP contribution is -2.50. The average molecular weight is 421 g/mol. The highest BCUT2D eigenvalue weighted by atomic mass is 32.2. The molecule has 8 nitrogen and oxygen atoms in total. The van der Waals surface area contributed by atoms with Crippen molar-refractivity contribution >= 4 is 27.7 Å². The van der Waals surface area contributed by atoms with Crippen molar-refractivity contribution in [3.63, 3.8) is 0 Å². The molecule has 1 aromatic carbocycles. The summed E-state index contributed by atoms with van der Waals surface area (Å²) in [7, 11) is -3.63. The van der Waals surface area contributed by atoms with Gasteiger partial charge in [-0.3, -0.25) is 19.3 Å². The van der Waals surface area contributed by atoms with Crippen LogP contribution in [-0.2, 0) is 19.6 Å². The Bertz CT molecular complexity index is 913. The molecule has 0 aromatic heterocycles. The van der Waals surface area contributed by atoms with Crippen LogP contribution in [0.2, 0.25) is 0 Å². The summed E-state index contributed by atoms with van der Waals surface area (Å²) < 4.78 is 26.7. The number of benzene rings is 1. The number of nitrogens with one attached hydrogen (secondary N) is 2. The van der Waals surface area contributed by atoms with Crippen LogP contribution in [0.3, 0.4) is 0 Å². The molecular weight excluding hydrogens is 392 g/mol. The van der Waals surface area contributed by atoms with Gasteiger partial charge in [0.1, 0.15) is 12.4 Å². The zero-order valence-corrected chi connectivity index (χ0v) is 17.7. The number of unbranched alkanes of at least 4 members (excludes halogenated alkanes) is 1. The van der Waals surface area contributed by atoms with Crippen molar-refractivity contribution in [3.05, 3.63) is 29.8 Å². The molecule has 0 radical (unpaired) electrons. The van der Waals surface area contributed by atoms with Gasteiger partial charge in [-0.15, -0.1) is 0 Å². The highest BCUT2D eigenvalue weighted by Gasteiger charge is 2.33. The molecule has 3 rings (SSSR count). The Hall–Kier alpha value is -2.42. The number of nitrogens with zero attached hydrogens (tertiary/aromatic N) is 2. The maximum Gasteiger partial charge on any atom is 0.263 e. The van der Waals surface area contributed by atoms with E-state index >= 15 is 0 Å². The third-order valence-corrected chi connectivity index (χ3v) is 6.84. The molecule has 2 unspecified atom stereocenters. The number of hydrogen-bond donors (Lipinski definition) is 2.